The molecule has 0 aromatic carbocycles. The van der Waals surface area contributed by atoms with Gasteiger partial charge in [0.05, 0.1) is 6.54 Å². The SMILES string of the molecule is C=CCSCCN=C(NCC)NC1CCN(C(=O)C(C)C)C1. The van der Waals surface area contributed by atoms with Gasteiger partial charge in [-0.05, 0) is 13.3 Å². The van der Waals surface area contributed by atoms with Crippen molar-refractivity contribution in [1.82, 2.24) is 15.5 Å². The summed E-state index contributed by atoms with van der Waals surface area (Å²) < 4.78 is 0. The van der Waals surface area contributed by atoms with Crippen molar-refractivity contribution in [2.75, 3.05) is 37.7 Å². The predicted molar refractivity (Wildman–Crippen MR) is 96.5 cm³/mol. The normalized spacial score (nSPS) is 18.6. The number of nitrogens with one attached hydrogen (secondary N) is 2. The smallest absolute Gasteiger partial charge is 0.225 e. The van der Waals surface area contributed by atoms with Gasteiger partial charge in [-0.3, -0.25) is 9.79 Å². The van der Waals surface area contributed by atoms with Crippen molar-refractivity contribution >= 4 is 23.6 Å². The highest BCUT2D eigenvalue weighted by molar-refractivity contribution is 7.99. The molecule has 0 aliphatic carbocycles. The lowest BCUT2D eigenvalue weighted by Crippen LogP contribution is -2.45. The first-order chi connectivity index (χ1) is 10.6. The van der Waals surface area contributed by atoms with Crippen LogP contribution < -0.4 is 10.6 Å². The minimum absolute atomic E-state index is 0.0718. The fraction of sp³-hybridized carbons (Fsp3) is 0.750. The number of carbonyl (C=O) groups excluding carboxylic acids is 1. The first-order valence-electron chi connectivity index (χ1n) is 8.10. The van der Waals surface area contributed by atoms with Crippen molar-refractivity contribution in [2.45, 2.75) is 33.2 Å². The molecular weight excluding hydrogens is 296 g/mol. The molecule has 1 heterocycles. The van der Waals surface area contributed by atoms with E-state index in [9.17, 15) is 4.79 Å². The fourth-order valence-electron chi connectivity index (χ4n) is 2.35. The molecule has 0 aromatic rings. The van der Waals surface area contributed by atoms with Crippen LogP contribution in [0.25, 0.3) is 0 Å². The van der Waals surface area contributed by atoms with Crippen LogP contribution in [0.2, 0.25) is 0 Å². The van der Waals surface area contributed by atoms with Gasteiger partial charge in [-0.1, -0.05) is 19.9 Å². The zero-order chi connectivity index (χ0) is 16.4. The van der Waals surface area contributed by atoms with Crippen molar-refractivity contribution in [3.8, 4) is 0 Å². The van der Waals surface area contributed by atoms with E-state index in [0.717, 1.165) is 50.1 Å². The van der Waals surface area contributed by atoms with E-state index in [1.807, 2.05) is 36.6 Å². The largest absolute Gasteiger partial charge is 0.357 e. The number of thioether (sulfide) groups is 1. The number of hydrogen-bond acceptors (Lipinski definition) is 3. The Morgan fingerprint density at radius 1 is 1.55 bits per heavy atom. The Hall–Kier alpha value is -1.17. The van der Waals surface area contributed by atoms with Crippen molar-refractivity contribution in [1.29, 1.82) is 0 Å². The summed E-state index contributed by atoms with van der Waals surface area (Å²) in [6, 6.07) is 0.293. The van der Waals surface area contributed by atoms with E-state index < -0.39 is 0 Å². The molecule has 1 unspecified atom stereocenters. The second kappa shape index (κ2) is 10.5. The van der Waals surface area contributed by atoms with E-state index in [2.05, 4.69) is 29.1 Å². The number of nitrogens with zero attached hydrogens (tertiary/aromatic N) is 2. The number of guanidine groups is 1. The molecule has 1 rings (SSSR count). The second-order valence-electron chi connectivity index (χ2n) is 5.69. The zero-order valence-electron chi connectivity index (χ0n) is 14.1. The van der Waals surface area contributed by atoms with Crippen LogP contribution in [0.5, 0.6) is 0 Å². The van der Waals surface area contributed by atoms with Crippen molar-refractivity contribution in [3.05, 3.63) is 12.7 Å². The van der Waals surface area contributed by atoms with Gasteiger partial charge in [0.1, 0.15) is 0 Å². The van der Waals surface area contributed by atoms with Crippen LogP contribution in [0, 0.1) is 5.92 Å². The fourth-order valence-corrected chi connectivity index (χ4v) is 2.90. The van der Waals surface area contributed by atoms with Crippen molar-refractivity contribution in [3.63, 3.8) is 0 Å². The van der Waals surface area contributed by atoms with Crippen LogP contribution >= 0.6 is 11.8 Å². The third kappa shape index (κ3) is 6.73. The van der Waals surface area contributed by atoms with E-state index in [0.29, 0.717) is 6.04 Å². The van der Waals surface area contributed by atoms with E-state index in [4.69, 9.17) is 0 Å². The highest BCUT2D eigenvalue weighted by Gasteiger charge is 2.27. The number of amides is 1. The molecule has 0 spiro atoms. The minimum Gasteiger partial charge on any atom is -0.357 e. The molecule has 1 saturated heterocycles. The molecule has 2 N–H and O–H groups in total. The number of likely N-dealkylation sites (tertiary alicyclic amines) is 1. The quantitative estimate of drug-likeness (QED) is 0.309. The molecule has 1 atom stereocenters. The summed E-state index contributed by atoms with van der Waals surface area (Å²) in [5.74, 6) is 3.12. The first kappa shape index (κ1) is 18.9. The van der Waals surface area contributed by atoms with E-state index in [1.165, 1.54) is 0 Å². The second-order valence-corrected chi connectivity index (χ2v) is 6.84. The molecule has 5 nitrogen and oxygen atoms in total. The standard InChI is InChI=1S/C16H30N4OS/c1-5-10-22-11-8-18-16(17-6-2)19-14-7-9-20(12-14)15(21)13(3)4/h5,13-14H,1,6-12H2,2-4H3,(H2,17,18,19). The molecule has 22 heavy (non-hydrogen) atoms. The Morgan fingerprint density at radius 2 is 2.32 bits per heavy atom. The number of carbonyl (C=O) groups is 1. The van der Waals surface area contributed by atoms with Gasteiger partial charge in [-0.2, -0.15) is 11.8 Å². The molecule has 0 bridgehead atoms. The van der Waals surface area contributed by atoms with Crippen LogP contribution in [0.3, 0.4) is 0 Å². The summed E-state index contributed by atoms with van der Waals surface area (Å²) >= 11 is 1.83. The lowest BCUT2D eigenvalue weighted by molar-refractivity contribution is -0.133. The van der Waals surface area contributed by atoms with Gasteiger partial charge < -0.3 is 15.5 Å². The lowest BCUT2D eigenvalue weighted by atomic mass is 10.2. The highest BCUT2D eigenvalue weighted by Crippen LogP contribution is 2.12. The van der Waals surface area contributed by atoms with Gasteiger partial charge in [0.25, 0.3) is 0 Å². The monoisotopic (exact) mass is 326 g/mol. The summed E-state index contributed by atoms with van der Waals surface area (Å²) in [5.41, 5.74) is 0. The van der Waals surface area contributed by atoms with Crippen molar-refractivity contribution in [2.24, 2.45) is 10.9 Å². The third-order valence-electron chi connectivity index (χ3n) is 3.42. The number of rotatable bonds is 8. The zero-order valence-corrected chi connectivity index (χ0v) is 14.9. The summed E-state index contributed by atoms with van der Waals surface area (Å²) in [6.07, 6.45) is 2.89. The van der Waals surface area contributed by atoms with Gasteiger partial charge in [0, 0.05) is 43.1 Å². The molecule has 1 amide bonds. The van der Waals surface area contributed by atoms with Crippen LogP contribution in [0.1, 0.15) is 27.2 Å². The van der Waals surface area contributed by atoms with Crippen LogP contribution in [0.4, 0.5) is 0 Å². The van der Waals surface area contributed by atoms with Crippen LogP contribution in [-0.2, 0) is 4.79 Å². The Kier molecular flexibility index (Phi) is 9.04. The topological polar surface area (TPSA) is 56.7 Å². The molecule has 0 radical (unpaired) electrons. The van der Waals surface area contributed by atoms with Crippen LogP contribution in [-0.4, -0.2) is 60.5 Å². The van der Waals surface area contributed by atoms with E-state index in [-0.39, 0.29) is 11.8 Å². The Morgan fingerprint density at radius 3 is 2.95 bits per heavy atom. The van der Waals surface area contributed by atoms with Gasteiger partial charge in [0.15, 0.2) is 5.96 Å². The summed E-state index contributed by atoms with van der Waals surface area (Å²) in [6.45, 7) is 12.9. The average Bonchev–Trinajstić information content (AvgIpc) is 2.94. The molecule has 0 aromatic heterocycles. The van der Waals surface area contributed by atoms with Gasteiger partial charge in [-0.25, -0.2) is 0 Å². The maximum atomic E-state index is 12.0. The molecule has 0 saturated carbocycles. The van der Waals surface area contributed by atoms with E-state index in [1.54, 1.807) is 0 Å². The summed E-state index contributed by atoms with van der Waals surface area (Å²) in [4.78, 5) is 18.6. The highest BCUT2D eigenvalue weighted by atomic mass is 32.2. The average molecular weight is 327 g/mol. The molecule has 6 heteroatoms. The lowest BCUT2D eigenvalue weighted by Gasteiger charge is -2.20. The Balaban J connectivity index is 2.41. The Labute approximate surface area is 139 Å². The van der Waals surface area contributed by atoms with Gasteiger partial charge in [0.2, 0.25) is 5.91 Å². The van der Waals surface area contributed by atoms with E-state index >= 15 is 0 Å². The Bertz CT molecular complexity index is 384. The molecular formula is C16H30N4OS. The number of hydrogen-bond donors (Lipinski definition) is 2. The van der Waals surface area contributed by atoms with Crippen LogP contribution in [0.15, 0.2) is 17.6 Å². The van der Waals surface area contributed by atoms with Gasteiger partial charge in [-0.15, -0.1) is 6.58 Å². The minimum atomic E-state index is 0.0718. The predicted octanol–water partition coefficient (Wildman–Crippen LogP) is 1.72. The summed E-state index contributed by atoms with van der Waals surface area (Å²) in [5, 5.41) is 6.72. The molecule has 1 fully saturated rings. The molecule has 1 aliphatic heterocycles. The maximum absolute atomic E-state index is 12.0. The molecule has 126 valence electrons. The maximum Gasteiger partial charge on any atom is 0.225 e. The summed E-state index contributed by atoms with van der Waals surface area (Å²) in [7, 11) is 0. The first-order valence-corrected chi connectivity index (χ1v) is 9.26. The number of aliphatic imine (C=N–C) groups is 1. The molecule has 1 aliphatic rings. The third-order valence-corrected chi connectivity index (χ3v) is 4.36. The van der Waals surface area contributed by atoms with Crippen molar-refractivity contribution < 1.29 is 4.79 Å². The van der Waals surface area contributed by atoms with Gasteiger partial charge >= 0.3 is 0 Å².